The SMILES string of the molecule is CC(C)(C)c1ccc(NC(=O)CC2(CC(=O)[O-])CCCCC2)cc1. The van der Waals surface area contributed by atoms with Crippen LogP contribution in [0.1, 0.15) is 71.3 Å². The minimum Gasteiger partial charge on any atom is -0.550 e. The fourth-order valence-electron chi connectivity index (χ4n) is 3.62. The van der Waals surface area contributed by atoms with Crippen LogP contribution in [-0.4, -0.2) is 11.9 Å². The van der Waals surface area contributed by atoms with Crippen molar-refractivity contribution in [3.63, 3.8) is 0 Å². The zero-order valence-electron chi connectivity index (χ0n) is 15.0. The second-order valence-corrected chi connectivity index (χ2v) is 8.16. The molecule has 1 fully saturated rings. The maximum atomic E-state index is 12.4. The summed E-state index contributed by atoms with van der Waals surface area (Å²) in [4.78, 5) is 23.5. The molecule has 1 aliphatic rings. The van der Waals surface area contributed by atoms with Crippen LogP contribution in [0, 0.1) is 5.41 Å². The lowest BCUT2D eigenvalue weighted by molar-refractivity contribution is -0.308. The van der Waals surface area contributed by atoms with Crippen molar-refractivity contribution < 1.29 is 14.7 Å². The summed E-state index contributed by atoms with van der Waals surface area (Å²) in [6.45, 7) is 6.44. The first kappa shape index (κ1) is 18.5. The van der Waals surface area contributed by atoms with Gasteiger partial charge in [-0.25, -0.2) is 0 Å². The highest BCUT2D eigenvalue weighted by Gasteiger charge is 2.34. The molecule has 0 atom stereocenters. The van der Waals surface area contributed by atoms with Crippen LogP contribution >= 0.6 is 0 Å². The van der Waals surface area contributed by atoms with Crippen molar-refractivity contribution in [2.75, 3.05) is 5.32 Å². The van der Waals surface area contributed by atoms with Crippen LogP contribution in [0.5, 0.6) is 0 Å². The minimum atomic E-state index is -1.06. The number of carboxylic acid groups (broad SMARTS) is 1. The van der Waals surface area contributed by atoms with Crippen LogP contribution in [0.3, 0.4) is 0 Å². The Kier molecular flexibility index (Phi) is 5.68. The Balaban J connectivity index is 2.01. The monoisotopic (exact) mass is 330 g/mol. The molecule has 1 aliphatic carbocycles. The highest BCUT2D eigenvalue weighted by molar-refractivity contribution is 5.91. The molecule has 0 heterocycles. The lowest BCUT2D eigenvalue weighted by atomic mass is 9.69. The van der Waals surface area contributed by atoms with Crippen LogP contribution in [0.15, 0.2) is 24.3 Å². The third kappa shape index (κ3) is 5.08. The standard InChI is InChI=1S/C20H29NO3/c1-19(2,3)15-7-9-16(10-8-15)21-17(22)13-20(14-18(23)24)11-5-4-6-12-20/h7-10H,4-6,11-14H2,1-3H3,(H,21,22)(H,23,24)/p-1. The van der Waals surface area contributed by atoms with Gasteiger partial charge < -0.3 is 15.2 Å². The van der Waals surface area contributed by atoms with Crippen molar-refractivity contribution in [2.24, 2.45) is 5.41 Å². The van der Waals surface area contributed by atoms with Crippen molar-refractivity contribution in [1.29, 1.82) is 0 Å². The second kappa shape index (κ2) is 7.37. The number of hydrogen-bond donors (Lipinski definition) is 1. The van der Waals surface area contributed by atoms with Crippen molar-refractivity contribution in [3.05, 3.63) is 29.8 Å². The Morgan fingerprint density at radius 1 is 1.04 bits per heavy atom. The summed E-state index contributed by atoms with van der Waals surface area (Å²) in [5, 5.41) is 14.0. The highest BCUT2D eigenvalue weighted by Crippen LogP contribution is 2.42. The molecule has 4 heteroatoms. The molecule has 1 aromatic carbocycles. The van der Waals surface area contributed by atoms with Gasteiger partial charge in [0.1, 0.15) is 0 Å². The molecule has 24 heavy (non-hydrogen) atoms. The summed E-state index contributed by atoms with van der Waals surface area (Å²) >= 11 is 0. The Labute approximate surface area is 144 Å². The van der Waals surface area contributed by atoms with E-state index in [9.17, 15) is 14.7 Å². The van der Waals surface area contributed by atoms with Gasteiger partial charge >= 0.3 is 0 Å². The number of carbonyl (C=O) groups excluding carboxylic acids is 2. The summed E-state index contributed by atoms with van der Waals surface area (Å²) in [5.41, 5.74) is 1.60. The van der Waals surface area contributed by atoms with E-state index in [1.165, 1.54) is 5.56 Å². The van der Waals surface area contributed by atoms with Gasteiger partial charge in [0.25, 0.3) is 0 Å². The van der Waals surface area contributed by atoms with E-state index in [0.717, 1.165) is 37.8 Å². The van der Waals surface area contributed by atoms with E-state index in [1.807, 2.05) is 24.3 Å². The highest BCUT2D eigenvalue weighted by atomic mass is 16.4. The molecule has 0 aromatic heterocycles. The summed E-state index contributed by atoms with van der Waals surface area (Å²) in [6, 6.07) is 7.86. The molecule has 1 amide bonds. The van der Waals surface area contributed by atoms with Crippen LogP contribution < -0.4 is 10.4 Å². The summed E-state index contributed by atoms with van der Waals surface area (Å²) < 4.78 is 0. The zero-order valence-corrected chi connectivity index (χ0v) is 15.0. The van der Waals surface area contributed by atoms with E-state index in [-0.39, 0.29) is 24.2 Å². The Bertz CT molecular complexity index is 578. The Morgan fingerprint density at radius 3 is 2.12 bits per heavy atom. The molecule has 0 spiro atoms. The van der Waals surface area contributed by atoms with Crippen LogP contribution in [-0.2, 0) is 15.0 Å². The number of carboxylic acids is 1. The number of amides is 1. The van der Waals surface area contributed by atoms with Gasteiger partial charge in [-0.1, -0.05) is 52.2 Å². The maximum absolute atomic E-state index is 12.4. The first-order chi connectivity index (χ1) is 11.2. The molecule has 1 aromatic rings. The van der Waals surface area contributed by atoms with Crippen molar-refractivity contribution in [2.45, 2.75) is 71.1 Å². The van der Waals surface area contributed by atoms with E-state index in [0.29, 0.717) is 0 Å². The summed E-state index contributed by atoms with van der Waals surface area (Å²) in [6.07, 6.45) is 4.90. The average molecular weight is 330 g/mol. The number of anilines is 1. The molecule has 2 rings (SSSR count). The fourth-order valence-corrected chi connectivity index (χ4v) is 3.62. The van der Waals surface area contributed by atoms with Gasteiger partial charge in [0.2, 0.25) is 5.91 Å². The topological polar surface area (TPSA) is 69.2 Å². The van der Waals surface area contributed by atoms with Crippen molar-refractivity contribution >= 4 is 17.6 Å². The van der Waals surface area contributed by atoms with Gasteiger partial charge in [-0.15, -0.1) is 0 Å². The Hall–Kier alpha value is -1.84. The lowest BCUT2D eigenvalue weighted by Gasteiger charge is -2.37. The maximum Gasteiger partial charge on any atom is 0.224 e. The van der Waals surface area contributed by atoms with Crippen molar-refractivity contribution in [1.82, 2.24) is 0 Å². The number of aliphatic carboxylic acids is 1. The van der Waals surface area contributed by atoms with E-state index in [4.69, 9.17) is 0 Å². The van der Waals surface area contributed by atoms with Gasteiger partial charge in [0, 0.05) is 18.1 Å². The molecule has 0 aliphatic heterocycles. The van der Waals surface area contributed by atoms with E-state index >= 15 is 0 Å². The molecular formula is C20H28NO3-. The third-order valence-corrected chi connectivity index (χ3v) is 5.00. The number of benzene rings is 1. The third-order valence-electron chi connectivity index (χ3n) is 5.00. The molecule has 4 nitrogen and oxygen atoms in total. The summed E-state index contributed by atoms with van der Waals surface area (Å²) in [7, 11) is 0. The van der Waals surface area contributed by atoms with Gasteiger partial charge in [-0.05, 0) is 47.8 Å². The normalized spacial score (nSPS) is 17.3. The quantitative estimate of drug-likeness (QED) is 0.899. The first-order valence-corrected chi connectivity index (χ1v) is 8.81. The predicted molar refractivity (Wildman–Crippen MR) is 93.5 cm³/mol. The molecule has 0 radical (unpaired) electrons. The smallest absolute Gasteiger partial charge is 0.224 e. The van der Waals surface area contributed by atoms with Gasteiger partial charge in [-0.3, -0.25) is 4.79 Å². The minimum absolute atomic E-state index is 0.0244. The number of carbonyl (C=O) groups is 2. The van der Waals surface area contributed by atoms with Gasteiger partial charge in [-0.2, -0.15) is 0 Å². The van der Waals surface area contributed by atoms with E-state index in [1.54, 1.807) is 0 Å². The molecule has 1 saturated carbocycles. The van der Waals surface area contributed by atoms with Gasteiger partial charge in [0.05, 0.1) is 0 Å². The molecule has 0 saturated heterocycles. The predicted octanol–water partition coefficient (Wildman–Crippen LogP) is 3.40. The van der Waals surface area contributed by atoms with Crippen molar-refractivity contribution in [3.8, 4) is 0 Å². The number of rotatable bonds is 5. The molecule has 1 N–H and O–H groups in total. The lowest BCUT2D eigenvalue weighted by Crippen LogP contribution is -2.36. The number of hydrogen-bond acceptors (Lipinski definition) is 3. The molecule has 0 bridgehead atoms. The molecule has 132 valence electrons. The number of nitrogens with one attached hydrogen (secondary N) is 1. The average Bonchev–Trinajstić information content (AvgIpc) is 2.46. The second-order valence-electron chi connectivity index (χ2n) is 8.16. The molecular weight excluding hydrogens is 302 g/mol. The Morgan fingerprint density at radius 2 is 1.62 bits per heavy atom. The molecule has 0 unspecified atom stereocenters. The van der Waals surface area contributed by atoms with Crippen LogP contribution in [0.2, 0.25) is 0 Å². The largest absolute Gasteiger partial charge is 0.550 e. The van der Waals surface area contributed by atoms with Gasteiger partial charge in [0.15, 0.2) is 0 Å². The van der Waals surface area contributed by atoms with E-state index in [2.05, 4.69) is 26.1 Å². The fraction of sp³-hybridized carbons (Fsp3) is 0.600. The summed E-state index contributed by atoms with van der Waals surface area (Å²) in [5.74, 6) is -1.17. The van der Waals surface area contributed by atoms with Crippen LogP contribution in [0.25, 0.3) is 0 Å². The first-order valence-electron chi connectivity index (χ1n) is 8.81. The van der Waals surface area contributed by atoms with E-state index < -0.39 is 11.4 Å². The zero-order chi connectivity index (χ0) is 17.8. The van der Waals surface area contributed by atoms with Crippen LogP contribution in [0.4, 0.5) is 5.69 Å².